The summed E-state index contributed by atoms with van der Waals surface area (Å²) in [5.74, 6) is 0. The molecule has 0 fully saturated rings. The maximum atomic E-state index is 6.95. The normalized spacial score (nSPS) is 15.3. The summed E-state index contributed by atoms with van der Waals surface area (Å²) in [6, 6.07) is 9.29. The Balaban J connectivity index is 2.44. The van der Waals surface area contributed by atoms with Crippen LogP contribution in [0.25, 0.3) is 0 Å². The van der Waals surface area contributed by atoms with Crippen molar-refractivity contribution < 1.29 is 4.11 Å². The average molecular weight is 124 g/mol. The monoisotopic (exact) mass is 124 g/mol. The van der Waals surface area contributed by atoms with Gasteiger partial charge in [0.15, 0.2) is 0 Å². The molecule has 1 nitrogen and oxygen atoms in total. The molecule has 0 amide bonds. The second kappa shape index (κ2) is 3.13. The van der Waals surface area contributed by atoms with E-state index in [1.54, 1.807) is 0 Å². The van der Waals surface area contributed by atoms with Gasteiger partial charge in [0.1, 0.15) is 0 Å². The van der Waals surface area contributed by atoms with Gasteiger partial charge in [-0.2, -0.15) is 0 Å². The van der Waals surface area contributed by atoms with Gasteiger partial charge in [-0.1, -0.05) is 18.2 Å². The molecule has 1 heteroatoms. The minimum Gasteiger partial charge on any atom is -0.385 e. The third kappa shape index (κ3) is 1.76. The van der Waals surface area contributed by atoms with Crippen molar-refractivity contribution in [1.29, 1.82) is 0 Å². The van der Waals surface area contributed by atoms with Gasteiger partial charge in [0.2, 0.25) is 0 Å². The highest BCUT2D eigenvalue weighted by molar-refractivity contribution is 5.41. The fourth-order valence-electron chi connectivity index (χ4n) is 0.658. The zero-order chi connectivity index (χ0) is 9.03. The van der Waals surface area contributed by atoms with Gasteiger partial charge in [0.05, 0.1) is 0 Å². The molecule has 0 unspecified atom stereocenters. The first kappa shape index (κ1) is 3.25. The first-order chi connectivity index (χ1) is 5.58. The van der Waals surface area contributed by atoms with Crippen molar-refractivity contribution in [1.82, 2.24) is 0 Å². The Morgan fingerprint density at radius 3 is 2.89 bits per heavy atom. The van der Waals surface area contributed by atoms with Crippen molar-refractivity contribution in [2.24, 2.45) is 0 Å². The van der Waals surface area contributed by atoms with Gasteiger partial charge < -0.3 is 5.32 Å². The molecule has 1 aromatic carbocycles. The first-order valence-corrected chi connectivity index (χ1v) is 2.87. The Morgan fingerprint density at radius 1 is 1.44 bits per heavy atom. The van der Waals surface area contributed by atoms with Gasteiger partial charge >= 0.3 is 0 Å². The molecule has 0 radical (unpaired) electrons. The summed E-state index contributed by atoms with van der Waals surface area (Å²) in [5, 5.41) is 2.82. The summed E-state index contributed by atoms with van der Waals surface area (Å²) in [5.41, 5.74) is 0.841. The fourth-order valence-corrected chi connectivity index (χ4v) is 0.658. The molecular formula is C8H11N. The molecule has 0 aliphatic rings. The maximum absolute atomic E-state index is 6.95. The van der Waals surface area contributed by atoms with Crippen LogP contribution >= 0.6 is 0 Å². The molecule has 0 aromatic heterocycles. The highest BCUT2D eigenvalue weighted by atomic mass is 14.8. The van der Waals surface area contributed by atoms with Crippen LogP contribution in [0.2, 0.25) is 0 Å². The van der Waals surface area contributed by atoms with E-state index in [1.165, 1.54) is 0 Å². The van der Waals surface area contributed by atoms with Gasteiger partial charge in [-0.15, -0.1) is 0 Å². The van der Waals surface area contributed by atoms with Crippen molar-refractivity contribution in [3.63, 3.8) is 0 Å². The van der Waals surface area contributed by atoms with E-state index in [9.17, 15) is 0 Å². The van der Waals surface area contributed by atoms with Crippen LogP contribution in [0.15, 0.2) is 30.3 Å². The zero-order valence-electron chi connectivity index (χ0n) is 8.09. The Kier molecular flexibility index (Phi) is 1.13. The summed E-state index contributed by atoms with van der Waals surface area (Å²) in [7, 11) is 0. The first-order valence-electron chi connectivity index (χ1n) is 4.37. The molecule has 48 valence electrons. The predicted molar refractivity (Wildman–Crippen MR) is 40.6 cm³/mol. The third-order valence-corrected chi connectivity index (χ3v) is 1.07. The van der Waals surface area contributed by atoms with Crippen LogP contribution in [0.4, 0.5) is 5.69 Å². The van der Waals surface area contributed by atoms with Crippen LogP contribution in [-0.4, -0.2) is 6.54 Å². The summed E-state index contributed by atoms with van der Waals surface area (Å²) in [6.45, 7) is -1.90. The lowest BCUT2D eigenvalue weighted by molar-refractivity contribution is 1.21. The van der Waals surface area contributed by atoms with E-state index in [1.807, 2.05) is 30.3 Å². The molecule has 0 spiro atoms. The fraction of sp³-hybridized carbons (Fsp3) is 0.250. The largest absolute Gasteiger partial charge is 0.385 e. The van der Waals surface area contributed by atoms with E-state index >= 15 is 0 Å². The Hall–Kier alpha value is -0.980. The highest BCUT2D eigenvalue weighted by Gasteiger charge is 1.81. The summed E-state index contributed by atoms with van der Waals surface area (Å²) >= 11 is 0. The molecule has 9 heavy (non-hydrogen) atoms. The van der Waals surface area contributed by atoms with Crippen LogP contribution in [0.5, 0.6) is 0 Å². The molecule has 1 N–H and O–H groups in total. The second-order valence-corrected chi connectivity index (χ2v) is 1.72. The lowest BCUT2D eigenvalue weighted by Crippen LogP contribution is -1.94. The van der Waals surface area contributed by atoms with Gasteiger partial charge in [-0.25, -0.2) is 0 Å². The SMILES string of the molecule is [2H]C([2H])([2H])CNc1ccccc1. The van der Waals surface area contributed by atoms with E-state index in [0.29, 0.717) is 0 Å². The number of anilines is 1. The van der Waals surface area contributed by atoms with Gasteiger partial charge in [-0.3, -0.25) is 0 Å². The Bertz CT molecular complexity index is 230. The standard InChI is InChI=1S/C8H11N/c1-2-9-8-6-4-3-5-7-8/h3-7,9H,2H2,1H3/i1D3. The molecule has 1 rings (SSSR count). The van der Waals surface area contributed by atoms with Gasteiger partial charge in [0.25, 0.3) is 0 Å². The lowest BCUT2D eigenvalue weighted by atomic mass is 10.3. The minimum atomic E-state index is -1.91. The maximum Gasteiger partial charge on any atom is 0.0340 e. The van der Waals surface area contributed by atoms with Crippen LogP contribution < -0.4 is 5.32 Å². The number of benzene rings is 1. The van der Waals surface area contributed by atoms with Crippen LogP contribution in [0, 0.1) is 0 Å². The van der Waals surface area contributed by atoms with E-state index in [0.717, 1.165) is 5.69 Å². The zero-order valence-corrected chi connectivity index (χ0v) is 5.09. The molecule has 0 saturated heterocycles. The number of hydrogen-bond acceptors (Lipinski definition) is 1. The van der Waals surface area contributed by atoms with Gasteiger partial charge in [0, 0.05) is 16.3 Å². The second-order valence-electron chi connectivity index (χ2n) is 1.72. The topological polar surface area (TPSA) is 12.0 Å². The molecule has 0 aliphatic heterocycles. The summed E-state index contributed by atoms with van der Waals surface area (Å²) < 4.78 is 20.9. The van der Waals surface area contributed by atoms with Crippen LogP contribution in [0.1, 0.15) is 11.0 Å². The smallest absolute Gasteiger partial charge is 0.0340 e. The van der Waals surface area contributed by atoms with E-state index in [2.05, 4.69) is 5.32 Å². The van der Waals surface area contributed by atoms with Gasteiger partial charge in [-0.05, 0) is 19.0 Å². The van der Waals surface area contributed by atoms with Crippen LogP contribution in [0.3, 0.4) is 0 Å². The molecule has 0 heterocycles. The van der Waals surface area contributed by atoms with Crippen molar-refractivity contribution in [2.45, 2.75) is 6.85 Å². The third-order valence-electron chi connectivity index (χ3n) is 1.07. The average Bonchev–Trinajstić information content (AvgIpc) is 2.02. The molecular weight excluding hydrogens is 110 g/mol. The minimum absolute atomic E-state index is 0.0109. The number of nitrogens with one attached hydrogen (secondary N) is 1. The van der Waals surface area contributed by atoms with Crippen molar-refractivity contribution in [2.75, 3.05) is 11.9 Å². The molecule has 0 aliphatic carbocycles. The van der Waals surface area contributed by atoms with Crippen LogP contribution in [-0.2, 0) is 0 Å². The molecule has 1 aromatic rings. The van der Waals surface area contributed by atoms with E-state index < -0.39 is 6.85 Å². The molecule has 0 atom stereocenters. The van der Waals surface area contributed by atoms with E-state index in [4.69, 9.17) is 4.11 Å². The molecule has 0 saturated carbocycles. The number of hydrogen-bond donors (Lipinski definition) is 1. The predicted octanol–water partition coefficient (Wildman–Crippen LogP) is 2.12. The Morgan fingerprint density at radius 2 is 2.22 bits per heavy atom. The van der Waals surface area contributed by atoms with Crippen molar-refractivity contribution >= 4 is 5.69 Å². The summed E-state index contributed by atoms with van der Waals surface area (Å²) in [6.07, 6.45) is 0. The quantitative estimate of drug-likeness (QED) is 0.636. The molecule has 0 bridgehead atoms. The van der Waals surface area contributed by atoms with Crippen molar-refractivity contribution in [3.05, 3.63) is 30.3 Å². The Labute approximate surface area is 59.9 Å². The number of rotatable bonds is 2. The highest BCUT2D eigenvalue weighted by Crippen LogP contribution is 2.02. The number of para-hydroxylation sites is 1. The summed E-state index contributed by atoms with van der Waals surface area (Å²) in [4.78, 5) is 0. The lowest BCUT2D eigenvalue weighted by Gasteiger charge is -1.99. The van der Waals surface area contributed by atoms with Crippen molar-refractivity contribution in [3.8, 4) is 0 Å². The van der Waals surface area contributed by atoms with E-state index in [-0.39, 0.29) is 6.54 Å².